The van der Waals surface area contributed by atoms with E-state index in [4.69, 9.17) is 4.74 Å². The van der Waals surface area contributed by atoms with Crippen molar-refractivity contribution in [1.29, 1.82) is 0 Å². The Morgan fingerprint density at radius 2 is 1.66 bits per heavy atom. The van der Waals surface area contributed by atoms with Gasteiger partial charge in [-0.3, -0.25) is 39.4 Å². The molecular weight excluding hydrogens is 612 g/mol. The third kappa shape index (κ3) is 4.78. The highest BCUT2D eigenvalue weighted by molar-refractivity contribution is 6.25. The topological polar surface area (TPSA) is 190 Å². The van der Waals surface area contributed by atoms with Gasteiger partial charge < -0.3 is 14.7 Å². The first-order chi connectivity index (χ1) is 22.3. The summed E-state index contributed by atoms with van der Waals surface area (Å²) in [5, 5.41) is 34.4. The van der Waals surface area contributed by atoms with Crippen LogP contribution in [0.25, 0.3) is 0 Å². The van der Waals surface area contributed by atoms with Crippen LogP contribution >= 0.6 is 0 Å². The minimum absolute atomic E-state index is 0.00366. The Labute approximate surface area is 267 Å². The molecule has 0 radical (unpaired) electrons. The monoisotopic (exact) mass is 642 g/mol. The van der Waals surface area contributed by atoms with Crippen molar-refractivity contribution in [2.75, 3.05) is 30.5 Å². The molecule has 14 heteroatoms. The Bertz CT molecular complexity index is 1890. The van der Waals surface area contributed by atoms with Crippen LogP contribution in [-0.2, 0) is 19.2 Å². The summed E-state index contributed by atoms with van der Waals surface area (Å²) in [6, 6.07) is 6.60. The van der Waals surface area contributed by atoms with Gasteiger partial charge >= 0.3 is 11.4 Å². The number of carbonyl (C=O) groups is 4. The van der Waals surface area contributed by atoms with Gasteiger partial charge in [-0.05, 0) is 56.4 Å². The van der Waals surface area contributed by atoms with E-state index in [0.717, 1.165) is 17.0 Å². The number of fused-ring (bicyclic) bond motifs is 3. The molecule has 14 nitrogen and oxygen atoms in total. The first-order valence-electron chi connectivity index (χ1n) is 14.9. The highest BCUT2D eigenvalue weighted by atomic mass is 16.6. The maximum atomic E-state index is 14.3. The highest BCUT2D eigenvalue weighted by Crippen LogP contribution is 2.56. The number of benzene rings is 2. The molecule has 2 amide bonds. The van der Waals surface area contributed by atoms with Gasteiger partial charge in [-0.1, -0.05) is 17.7 Å². The van der Waals surface area contributed by atoms with Crippen molar-refractivity contribution >= 4 is 46.1 Å². The molecule has 0 aromatic heterocycles. The predicted molar refractivity (Wildman–Crippen MR) is 167 cm³/mol. The Morgan fingerprint density at radius 3 is 2.26 bits per heavy atom. The summed E-state index contributed by atoms with van der Waals surface area (Å²) in [7, 11) is 2.82. The Hall–Kier alpha value is -5.66. The minimum atomic E-state index is -1.01. The zero-order chi connectivity index (χ0) is 34.1. The highest BCUT2D eigenvalue weighted by Gasteiger charge is 2.57. The average Bonchev–Trinajstić information content (AvgIpc) is 3.28. The Balaban J connectivity index is 1.49. The summed E-state index contributed by atoms with van der Waals surface area (Å²) in [5.74, 6) is -5.44. The Morgan fingerprint density at radius 1 is 1.00 bits per heavy atom. The number of nitro groups is 2. The lowest BCUT2D eigenvalue weighted by atomic mass is 9.59. The molecule has 4 aliphatic rings. The molecule has 4 atom stereocenters. The number of amides is 2. The molecule has 0 spiro atoms. The number of nitro benzene ring substituents is 2. The molecule has 1 aliphatic heterocycles. The summed E-state index contributed by atoms with van der Waals surface area (Å²) < 4.78 is 5.60. The van der Waals surface area contributed by atoms with E-state index in [1.807, 2.05) is 0 Å². The fraction of sp³-hybridized carbons (Fsp3) is 0.333. The van der Waals surface area contributed by atoms with Gasteiger partial charge in [-0.25, -0.2) is 4.90 Å². The first-order valence-corrected chi connectivity index (χ1v) is 14.9. The number of phenolic OH excluding ortho intramolecular Hbond substituents is 1. The van der Waals surface area contributed by atoms with Crippen molar-refractivity contribution in [2.45, 2.75) is 32.6 Å². The number of hydrogen-bond acceptors (Lipinski definition) is 11. The fourth-order valence-electron chi connectivity index (χ4n) is 7.43. The molecule has 1 fully saturated rings. The van der Waals surface area contributed by atoms with Crippen molar-refractivity contribution in [2.24, 2.45) is 17.8 Å². The van der Waals surface area contributed by atoms with Gasteiger partial charge in [-0.15, -0.1) is 0 Å². The van der Waals surface area contributed by atoms with E-state index in [9.17, 15) is 44.5 Å². The summed E-state index contributed by atoms with van der Waals surface area (Å²) >= 11 is 0. The van der Waals surface area contributed by atoms with Crippen LogP contribution in [0, 0.1) is 38.0 Å². The van der Waals surface area contributed by atoms with Gasteiger partial charge in [0.15, 0.2) is 28.8 Å². The first kappa shape index (κ1) is 31.3. The lowest BCUT2D eigenvalue weighted by Crippen LogP contribution is -2.39. The van der Waals surface area contributed by atoms with Gasteiger partial charge in [0, 0.05) is 48.9 Å². The third-order valence-electron chi connectivity index (χ3n) is 9.34. The third-order valence-corrected chi connectivity index (χ3v) is 9.34. The second-order valence-electron chi connectivity index (χ2n) is 12.1. The minimum Gasteiger partial charge on any atom is -0.504 e. The van der Waals surface area contributed by atoms with Crippen molar-refractivity contribution in [3.63, 3.8) is 0 Å². The second-order valence-corrected chi connectivity index (χ2v) is 12.1. The number of Topliss-reactive ketones (excluding diaryl/α,β-unsaturated/α-hetero) is 1. The number of rotatable bonds is 7. The molecule has 4 unspecified atom stereocenters. The van der Waals surface area contributed by atoms with Crippen LogP contribution in [0.5, 0.6) is 11.5 Å². The molecule has 1 N–H and O–H groups in total. The quantitative estimate of drug-likeness (QED) is 0.149. The number of ether oxygens (including phenoxy) is 1. The Kier molecular flexibility index (Phi) is 7.53. The molecule has 1 heterocycles. The van der Waals surface area contributed by atoms with Crippen LogP contribution < -0.4 is 14.5 Å². The lowest BCUT2D eigenvalue weighted by Gasteiger charge is -2.42. The SMILES string of the molecule is CCOc1cc(C2C3=CCC4C(=O)N(c5cc([N+](=O)[O-])c(N(C)C)c([N+](=O)[O-])c5)C(=O)C4C3CC3=C2C(=O)C(C)=CC3=O)ccc1O. The van der Waals surface area contributed by atoms with Crippen LogP contribution in [0.3, 0.4) is 0 Å². The number of phenols is 1. The molecule has 3 aliphatic carbocycles. The molecule has 242 valence electrons. The van der Waals surface area contributed by atoms with Crippen molar-refractivity contribution in [3.8, 4) is 11.5 Å². The summed E-state index contributed by atoms with van der Waals surface area (Å²) in [6.07, 6.45) is 3.14. The van der Waals surface area contributed by atoms with Gasteiger partial charge in [0.25, 0.3) is 0 Å². The number of nitrogens with zero attached hydrogens (tertiary/aromatic N) is 4. The zero-order valence-electron chi connectivity index (χ0n) is 25.9. The molecule has 0 saturated carbocycles. The predicted octanol–water partition coefficient (Wildman–Crippen LogP) is 4.31. The standard InChI is InChI=1S/C33H30N4O10/c1-5-47-26-11-16(6-9-24(26)38)27-18-7-8-19-28(20(18)14-21-25(39)10-15(2)31(40)29(21)27)33(42)35(32(19)41)17-12-22(36(43)44)30(34(3)4)23(13-17)37(45)46/h6-7,9-13,19-20,27-28,38H,5,8,14H2,1-4H3. The lowest BCUT2D eigenvalue weighted by molar-refractivity contribution is -0.392. The number of aromatic hydroxyl groups is 1. The van der Waals surface area contributed by atoms with E-state index >= 15 is 0 Å². The number of hydrogen-bond donors (Lipinski definition) is 1. The molecule has 47 heavy (non-hydrogen) atoms. The molecular formula is C33H30N4O10. The molecule has 6 rings (SSSR count). The maximum absolute atomic E-state index is 14.3. The smallest absolute Gasteiger partial charge is 0.301 e. The number of ketones is 2. The summed E-state index contributed by atoms with van der Waals surface area (Å²) in [5.41, 5.74) is 0.0670. The zero-order valence-corrected chi connectivity index (χ0v) is 25.9. The van der Waals surface area contributed by atoms with Gasteiger partial charge in [0.2, 0.25) is 11.8 Å². The van der Waals surface area contributed by atoms with Crippen molar-refractivity contribution in [3.05, 3.63) is 90.6 Å². The number of carbonyl (C=O) groups excluding carboxylic acids is 4. The van der Waals surface area contributed by atoms with E-state index < -0.39 is 56.7 Å². The summed E-state index contributed by atoms with van der Waals surface area (Å²) in [4.78, 5) is 79.6. The van der Waals surface area contributed by atoms with Crippen LogP contribution in [0.15, 0.2) is 64.8 Å². The second kappa shape index (κ2) is 11.3. The van der Waals surface area contributed by atoms with Gasteiger partial charge in [-0.2, -0.15) is 0 Å². The van der Waals surface area contributed by atoms with Gasteiger partial charge in [0.1, 0.15) is 0 Å². The van der Waals surface area contributed by atoms with E-state index in [-0.39, 0.29) is 70.6 Å². The number of allylic oxidation sites excluding steroid dienone is 6. The van der Waals surface area contributed by atoms with E-state index in [1.165, 1.54) is 31.1 Å². The average molecular weight is 643 g/mol. The van der Waals surface area contributed by atoms with Crippen molar-refractivity contribution < 1.29 is 38.9 Å². The van der Waals surface area contributed by atoms with Crippen LogP contribution in [-0.4, -0.2) is 59.0 Å². The van der Waals surface area contributed by atoms with E-state index in [1.54, 1.807) is 32.1 Å². The summed E-state index contributed by atoms with van der Waals surface area (Å²) in [6.45, 7) is 3.55. The largest absolute Gasteiger partial charge is 0.504 e. The molecule has 0 bridgehead atoms. The van der Waals surface area contributed by atoms with Crippen molar-refractivity contribution in [1.82, 2.24) is 0 Å². The number of imide groups is 1. The van der Waals surface area contributed by atoms with Crippen LogP contribution in [0.1, 0.15) is 38.2 Å². The van der Waals surface area contributed by atoms with Gasteiger partial charge in [0.05, 0.1) is 34.0 Å². The fourth-order valence-corrected chi connectivity index (χ4v) is 7.43. The number of anilines is 2. The van der Waals surface area contributed by atoms with Crippen LogP contribution in [0.2, 0.25) is 0 Å². The normalized spacial score (nSPS) is 23.5. The molecule has 1 saturated heterocycles. The molecule has 2 aromatic rings. The van der Waals surface area contributed by atoms with Crippen LogP contribution in [0.4, 0.5) is 22.7 Å². The van der Waals surface area contributed by atoms with E-state index in [0.29, 0.717) is 11.1 Å². The van der Waals surface area contributed by atoms with E-state index in [2.05, 4.69) is 0 Å². The molecule has 2 aromatic carbocycles. The maximum Gasteiger partial charge on any atom is 0.301 e.